The van der Waals surface area contributed by atoms with Crippen molar-refractivity contribution in [1.29, 1.82) is 0 Å². The van der Waals surface area contributed by atoms with Gasteiger partial charge in [0.2, 0.25) is 0 Å². The zero-order chi connectivity index (χ0) is 8.97. The number of hydrogen-bond donors (Lipinski definition) is 0. The van der Waals surface area contributed by atoms with Gasteiger partial charge in [0.15, 0.2) is 0 Å². The molecule has 0 saturated carbocycles. The predicted octanol–water partition coefficient (Wildman–Crippen LogP) is 4.17. The van der Waals surface area contributed by atoms with Crippen molar-refractivity contribution in [2.24, 2.45) is 0 Å². The lowest BCUT2D eigenvalue weighted by Crippen LogP contribution is -1.85. The first-order chi connectivity index (χ1) is 5.77. The van der Waals surface area contributed by atoms with Crippen molar-refractivity contribution in [3.63, 3.8) is 0 Å². The van der Waals surface area contributed by atoms with E-state index in [-0.39, 0.29) is 0 Å². The maximum atomic E-state index is 3.42. The number of halogens is 1. The molecule has 66 valence electrons. The van der Waals surface area contributed by atoms with E-state index < -0.39 is 0 Å². The Hall–Kier alpha value is 0.400. The third-order valence-electron chi connectivity index (χ3n) is 1.57. The SMILES string of the molecule is CSC(SC)c1ccc(Br)cc1. The zero-order valence-corrected chi connectivity index (χ0v) is 10.3. The molecule has 0 unspecified atom stereocenters. The lowest BCUT2D eigenvalue weighted by atomic mass is 10.2. The lowest BCUT2D eigenvalue weighted by Gasteiger charge is -2.11. The van der Waals surface area contributed by atoms with Crippen molar-refractivity contribution < 1.29 is 0 Å². The summed E-state index contributed by atoms with van der Waals surface area (Å²) < 4.78 is 1.71. The molecule has 0 bridgehead atoms. The van der Waals surface area contributed by atoms with E-state index in [4.69, 9.17) is 0 Å². The van der Waals surface area contributed by atoms with Gasteiger partial charge in [-0.05, 0) is 30.2 Å². The van der Waals surface area contributed by atoms with E-state index in [2.05, 4.69) is 52.7 Å². The molecule has 0 aliphatic heterocycles. The molecule has 12 heavy (non-hydrogen) atoms. The average molecular weight is 263 g/mol. The van der Waals surface area contributed by atoms with Crippen molar-refractivity contribution in [2.75, 3.05) is 12.5 Å². The number of hydrogen-bond acceptors (Lipinski definition) is 2. The molecule has 0 atom stereocenters. The molecule has 0 N–H and O–H groups in total. The van der Waals surface area contributed by atoms with Crippen molar-refractivity contribution in [1.82, 2.24) is 0 Å². The lowest BCUT2D eigenvalue weighted by molar-refractivity contribution is 1.38. The Labute approximate surface area is 90.6 Å². The second-order valence-corrected chi connectivity index (χ2v) is 5.45. The van der Waals surface area contributed by atoms with Crippen LogP contribution in [-0.2, 0) is 0 Å². The normalized spacial score (nSPS) is 10.7. The average Bonchev–Trinajstić information content (AvgIpc) is 2.10. The standard InChI is InChI=1S/C9H11BrS2/c1-11-9(12-2)7-3-5-8(10)6-4-7/h3-6,9H,1-2H3. The summed E-state index contributed by atoms with van der Waals surface area (Å²) in [5.41, 5.74) is 1.39. The highest BCUT2D eigenvalue weighted by molar-refractivity contribution is 9.10. The maximum absolute atomic E-state index is 3.42. The predicted molar refractivity (Wildman–Crippen MR) is 63.9 cm³/mol. The van der Waals surface area contributed by atoms with E-state index in [1.165, 1.54) is 5.56 Å². The molecule has 0 saturated heterocycles. The van der Waals surface area contributed by atoms with Crippen LogP contribution in [0, 0.1) is 0 Å². The monoisotopic (exact) mass is 262 g/mol. The van der Waals surface area contributed by atoms with Gasteiger partial charge < -0.3 is 0 Å². The molecule has 1 aromatic carbocycles. The third kappa shape index (κ3) is 2.71. The quantitative estimate of drug-likeness (QED) is 0.750. The smallest absolute Gasteiger partial charge is 0.0745 e. The maximum Gasteiger partial charge on any atom is 0.0745 e. The van der Waals surface area contributed by atoms with Crippen LogP contribution in [0.1, 0.15) is 10.1 Å². The van der Waals surface area contributed by atoms with Gasteiger partial charge in [-0.2, -0.15) is 0 Å². The molecule has 0 amide bonds. The van der Waals surface area contributed by atoms with E-state index in [0.717, 1.165) is 4.47 Å². The van der Waals surface area contributed by atoms with Gasteiger partial charge in [-0.3, -0.25) is 0 Å². The van der Waals surface area contributed by atoms with E-state index in [9.17, 15) is 0 Å². The van der Waals surface area contributed by atoms with Gasteiger partial charge in [-0.25, -0.2) is 0 Å². The summed E-state index contributed by atoms with van der Waals surface area (Å²) in [5.74, 6) is 0. The van der Waals surface area contributed by atoms with Gasteiger partial charge in [-0.15, -0.1) is 23.5 Å². The fourth-order valence-corrected chi connectivity index (χ4v) is 2.88. The molecule has 0 aliphatic rings. The van der Waals surface area contributed by atoms with Crippen LogP contribution < -0.4 is 0 Å². The minimum atomic E-state index is 0.568. The zero-order valence-electron chi connectivity index (χ0n) is 7.08. The minimum Gasteiger partial charge on any atom is -0.146 e. The molecule has 1 rings (SSSR count). The van der Waals surface area contributed by atoms with Gasteiger partial charge in [0, 0.05) is 4.47 Å². The van der Waals surface area contributed by atoms with E-state index in [1.54, 1.807) is 0 Å². The Morgan fingerprint density at radius 3 is 2.00 bits per heavy atom. The first-order valence-corrected chi connectivity index (χ1v) is 6.96. The van der Waals surface area contributed by atoms with Crippen molar-refractivity contribution in [2.45, 2.75) is 4.58 Å². The van der Waals surface area contributed by atoms with Gasteiger partial charge in [0.1, 0.15) is 0 Å². The van der Waals surface area contributed by atoms with Crippen molar-refractivity contribution >= 4 is 39.5 Å². The number of rotatable bonds is 3. The third-order valence-corrected chi connectivity index (χ3v) is 4.65. The van der Waals surface area contributed by atoms with E-state index >= 15 is 0 Å². The largest absolute Gasteiger partial charge is 0.146 e. The first-order valence-electron chi connectivity index (χ1n) is 3.59. The van der Waals surface area contributed by atoms with Crippen molar-refractivity contribution in [3.05, 3.63) is 34.3 Å². The molecular weight excluding hydrogens is 252 g/mol. The van der Waals surface area contributed by atoms with Crippen LogP contribution in [0.5, 0.6) is 0 Å². The summed E-state index contributed by atoms with van der Waals surface area (Å²) >= 11 is 7.18. The highest BCUT2D eigenvalue weighted by atomic mass is 79.9. The Morgan fingerprint density at radius 1 is 1.08 bits per heavy atom. The van der Waals surface area contributed by atoms with Gasteiger partial charge >= 0.3 is 0 Å². The number of benzene rings is 1. The minimum absolute atomic E-state index is 0.568. The molecular formula is C9H11BrS2. The molecule has 0 heterocycles. The summed E-state index contributed by atoms with van der Waals surface area (Å²) in [6, 6.07) is 8.52. The van der Waals surface area contributed by atoms with Crippen LogP contribution >= 0.6 is 39.5 Å². The van der Waals surface area contributed by atoms with E-state index in [0.29, 0.717) is 4.58 Å². The van der Waals surface area contributed by atoms with Gasteiger partial charge in [0.25, 0.3) is 0 Å². The second-order valence-electron chi connectivity index (χ2n) is 2.35. The highest BCUT2D eigenvalue weighted by Crippen LogP contribution is 2.36. The van der Waals surface area contributed by atoms with Crippen LogP contribution in [0.4, 0.5) is 0 Å². The molecule has 3 heteroatoms. The molecule has 0 aromatic heterocycles. The Balaban J connectivity index is 2.80. The van der Waals surface area contributed by atoms with Crippen LogP contribution in [0.25, 0.3) is 0 Å². The summed E-state index contributed by atoms with van der Waals surface area (Å²) in [6.45, 7) is 0. The van der Waals surface area contributed by atoms with Gasteiger partial charge in [-0.1, -0.05) is 28.1 Å². The molecule has 0 radical (unpaired) electrons. The number of thioether (sulfide) groups is 2. The molecule has 0 aliphatic carbocycles. The van der Waals surface area contributed by atoms with E-state index in [1.807, 2.05) is 23.5 Å². The topological polar surface area (TPSA) is 0 Å². The summed E-state index contributed by atoms with van der Waals surface area (Å²) in [6.07, 6.45) is 4.28. The van der Waals surface area contributed by atoms with Crippen LogP contribution in [0.3, 0.4) is 0 Å². The fraction of sp³-hybridized carbons (Fsp3) is 0.333. The van der Waals surface area contributed by atoms with Crippen molar-refractivity contribution in [3.8, 4) is 0 Å². The molecule has 0 nitrogen and oxygen atoms in total. The van der Waals surface area contributed by atoms with Crippen LogP contribution in [-0.4, -0.2) is 12.5 Å². The summed E-state index contributed by atoms with van der Waals surface area (Å²) in [5, 5.41) is 0. The fourth-order valence-electron chi connectivity index (χ4n) is 0.988. The second kappa shape index (κ2) is 5.20. The highest BCUT2D eigenvalue weighted by Gasteiger charge is 2.06. The van der Waals surface area contributed by atoms with Gasteiger partial charge in [0.05, 0.1) is 4.58 Å². The Morgan fingerprint density at radius 2 is 1.58 bits per heavy atom. The Kier molecular flexibility index (Phi) is 4.54. The summed E-state index contributed by atoms with van der Waals surface area (Å²) in [4.78, 5) is 0. The molecule has 0 spiro atoms. The van der Waals surface area contributed by atoms with Crippen LogP contribution in [0.15, 0.2) is 28.7 Å². The summed E-state index contributed by atoms with van der Waals surface area (Å²) in [7, 11) is 0. The first kappa shape index (κ1) is 10.5. The Bertz CT molecular complexity index is 229. The van der Waals surface area contributed by atoms with Crippen LogP contribution in [0.2, 0.25) is 0 Å². The molecule has 0 fully saturated rings. The molecule has 1 aromatic rings.